The molecule has 2 aromatic rings. The van der Waals surface area contributed by atoms with Crippen LogP contribution >= 0.6 is 0 Å². The molecule has 0 spiro atoms. The van der Waals surface area contributed by atoms with Crippen LogP contribution in [0.2, 0.25) is 0 Å². The highest BCUT2D eigenvalue weighted by Crippen LogP contribution is 2.34. The highest BCUT2D eigenvalue weighted by Gasteiger charge is 2.31. The Hall–Kier alpha value is -2.04. The minimum atomic E-state index is -4.14. The van der Waals surface area contributed by atoms with E-state index >= 15 is 0 Å². The second-order valence-corrected chi connectivity index (χ2v) is 6.61. The van der Waals surface area contributed by atoms with Crippen LogP contribution in [0.5, 0.6) is 0 Å². The summed E-state index contributed by atoms with van der Waals surface area (Å²) in [5.74, 6) is -2.30. The van der Waals surface area contributed by atoms with Crippen molar-refractivity contribution in [3.63, 3.8) is 0 Å². The van der Waals surface area contributed by atoms with Crippen LogP contribution in [0.25, 0.3) is 0 Å². The topological polar surface area (TPSA) is 131 Å². The molecular formula is C13H17FN4O4S. The molecule has 2 atom stereocenters. The quantitative estimate of drug-likeness (QED) is 0.737. The number of nitrogens with zero attached hydrogens (tertiary/aromatic N) is 1. The Morgan fingerprint density at radius 1 is 1.39 bits per heavy atom. The van der Waals surface area contributed by atoms with Crippen molar-refractivity contribution < 1.29 is 17.2 Å². The van der Waals surface area contributed by atoms with Gasteiger partial charge >= 0.3 is 5.76 Å². The summed E-state index contributed by atoms with van der Waals surface area (Å²) >= 11 is 0. The molecule has 23 heavy (non-hydrogen) atoms. The van der Waals surface area contributed by atoms with Gasteiger partial charge < -0.3 is 4.42 Å². The molecule has 0 aliphatic heterocycles. The molecule has 0 aliphatic carbocycles. The number of halogens is 1. The summed E-state index contributed by atoms with van der Waals surface area (Å²) in [6, 6.07) is 1.78. The average Bonchev–Trinajstić information content (AvgIpc) is 2.86. The Morgan fingerprint density at radius 2 is 2.04 bits per heavy atom. The summed E-state index contributed by atoms with van der Waals surface area (Å²) in [5.41, 5.74) is 1.79. The van der Waals surface area contributed by atoms with Gasteiger partial charge in [0.25, 0.3) is 10.2 Å². The molecule has 0 aliphatic rings. The summed E-state index contributed by atoms with van der Waals surface area (Å²) in [6.45, 7) is 5.11. The minimum Gasteiger partial charge on any atom is -0.391 e. The molecule has 126 valence electrons. The van der Waals surface area contributed by atoms with Crippen LogP contribution in [0.3, 0.4) is 0 Å². The Bertz CT molecular complexity index is 874. The fourth-order valence-corrected chi connectivity index (χ4v) is 3.11. The number of nitrogens with two attached hydrogens (primary N) is 1. The maximum atomic E-state index is 14.3. The van der Waals surface area contributed by atoms with Crippen molar-refractivity contribution in [3.05, 3.63) is 51.1 Å². The van der Waals surface area contributed by atoms with Crippen molar-refractivity contribution in [1.82, 2.24) is 14.9 Å². The van der Waals surface area contributed by atoms with Crippen molar-refractivity contribution >= 4 is 10.2 Å². The first-order chi connectivity index (χ1) is 10.6. The SMILES string of the molecule is Cc1ccc(F)c(C(C)[C@H](NS(N)(=O)=O)c2n[nH]c(=O)o2)c1C. The molecule has 0 fully saturated rings. The summed E-state index contributed by atoms with van der Waals surface area (Å²) in [6.07, 6.45) is 0. The highest BCUT2D eigenvalue weighted by atomic mass is 32.2. The van der Waals surface area contributed by atoms with E-state index in [0.29, 0.717) is 5.56 Å². The van der Waals surface area contributed by atoms with Crippen molar-refractivity contribution in [3.8, 4) is 0 Å². The van der Waals surface area contributed by atoms with Gasteiger partial charge in [0.15, 0.2) is 0 Å². The number of aromatic amines is 1. The zero-order valence-corrected chi connectivity index (χ0v) is 13.6. The summed E-state index contributed by atoms with van der Waals surface area (Å²) < 4.78 is 44.0. The lowest BCUT2D eigenvalue weighted by atomic mass is 9.88. The number of hydrogen-bond donors (Lipinski definition) is 3. The third kappa shape index (κ3) is 3.84. The van der Waals surface area contributed by atoms with E-state index in [1.165, 1.54) is 6.07 Å². The molecule has 1 unspecified atom stereocenters. The van der Waals surface area contributed by atoms with Crippen LogP contribution in [-0.4, -0.2) is 18.6 Å². The van der Waals surface area contributed by atoms with Crippen LogP contribution in [0.4, 0.5) is 4.39 Å². The Morgan fingerprint density at radius 3 is 2.57 bits per heavy atom. The molecule has 2 rings (SSSR count). The van der Waals surface area contributed by atoms with Crippen molar-refractivity contribution in [1.29, 1.82) is 0 Å². The molecule has 1 aromatic carbocycles. The van der Waals surface area contributed by atoms with Crippen LogP contribution in [-0.2, 0) is 10.2 Å². The van der Waals surface area contributed by atoms with E-state index in [4.69, 9.17) is 9.56 Å². The number of benzene rings is 1. The van der Waals surface area contributed by atoms with Crippen LogP contribution < -0.4 is 15.6 Å². The van der Waals surface area contributed by atoms with Gasteiger partial charge in [0.2, 0.25) is 5.89 Å². The Balaban J connectivity index is 2.55. The summed E-state index contributed by atoms with van der Waals surface area (Å²) in [7, 11) is -4.14. The zero-order chi connectivity index (χ0) is 17.4. The predicted octanol–water partition coefficient (Wildman–Crippen LogP) is 0.757. The van der Waals surface area contributed by atoms with E-state index in [0.717, 1.165) is 5.56 Å². The van der Waals surface area contributed by atoms with Crippen LogP contribution in [0, 0.1) is 19.7 Å². The second-order valence-electron chi connectivity index (χ2n) is 5.28. The molecule has 8 nitrogen and oxygen atoms in total. The molecule has 0 saturated carbocycles. The molecule has 4 N–H and O–H groups in total. The molecular weight excluding hydrogens is 327 g/mol. The standard InChI is InChI=1S/C13H17FN4O4S/c1-6-4-5-9(14)10(7(6)2)8(3)11(18-23(15,20)21)12-16-17-13(19)22-12/h4-5,8,11,18H,1-3H3,(H,17,19)(H2,15,20,21)/t8?,11-/m0/s1. The van der Waals surface area contributed by atoms with Crippen molar-refractivity contribution in [2.24, 2.45) is 5.14 Å². The van der Waals surface area contributed by atoms with Gasteiger partial charge in [-0.15, -0.1) is 5.10 Å². The maximum Gasteiger partial charge on any atom is 0.434 e. The largest absolute Gasteiger partial charge is 0.434 e. The molecule has 0 saturated heterocycles. The Labute approximate surface area is 132 Å². The van der Waals surface area contributed by atoms with E-state index in [1.807, 2.05) is 12.0 Å². The second kappa shape index (κ2) is 6.22. The summed E-state index contributed by atoms with van der Waals surface area (Å²) in [5, 5.41) is 10.7. The third-order valence-electron chi connectivity index (χ3n) is 3.70. The van der Waals surface area contributed by atoms with Gasteiger partial charge in [0, 0.05) is 5.92 Å². The smallest absolute Gasteiger partial charge is 0.391 e. The van der Waals surface area contributed by atoms with E-state index < -0.39 is 33.7 Å². The number of rotatable bonds is 5. The van der Waals surface area contributed by atoms with Crippen LogP contribution in [0.1, 0.15) is 41.5 Å². The van der Waals surface area contributed by atoms with E-state index in [-0.39, 0.29) is 11.5 Å². The van der Waals surface area contributed by atoms with Gasteiger partial charge in [-0.1, -0.05) is 13.0 Å². The van der Waals surface area contributed by atoms with Gasteiger partial charge in [-0.25, -0.2) is 19.4 Å². The van der Waals surface area contributed by atoms with Gasteiger partial charge in [-0.2, -0.15) is 13.1 Å². The molecule has 1 heterocycles. The number of aromatic nitrogens is 2. The fourth-order valence-electron chi connectivity index (χ4n) is 2.45. The monoisotopic (exact) mass is 344 g/mol. The molecule has 0 radical (unpaired) electrons. The lowest BCUT2D eigenvalue weighted by Crippen LogP contribution is -2.37. The minimum absolute atomic E-state index is 0.225. The lowest BCUT2D eigenvalue weighted by molar-refractivity contribution is 0.377. The zero-order valence-electron chi connectivity index (χ0n) is 12.8. The number of nitrogens with one attached hydrogen (secondary N) is 2. The van der Waals surface area contributed by atoms with E-state index in [1.54, 1.807) is 19.9 Å². The molecule has 0 amide bonds. The molecule has 0 bridgehead atoms. The van der Waals surface area contributed by atoms with E-state index in [2.05, 4.69) is 9.82 Å². The first-order valence-corrected chi connectivity index (χ1v) is 8.26. The molecule has 10 heteroatoms. The fraction of sp³-hybridized carbons (Fsp3) is 0.385. The predicted molar refractivity (Wildman–Crippen MR) is 80.4 cm³/mol. The van der Waals surface area contributed by atoms with Crippen molar-refractivity contribution in [2.45, 2.75) is 32.7 Å². The van der Waals surface area contributed by atoms with E-state index in [9.17, 15) is 17.6 Å². The molecule has 1 aromatic heterocycles. The normalized spacial score (nSPS) is 14.7. The highest BCUT2D eigenvalue weighted by molar-refractivity contribution is 7.87. The van der Waals surface area contributed by atoms with Gasteiger partial charge in [-0.05, 0) is 36.6 Å². The first kappa shape index (κ1) is 17.3. The number of hydrogen-bond acceptors (Lipinski definition) is 5. The average molecular weight is 344 g/mol. The van der Waals surface area contributed by atoms with Gasteiger partial charge in [0.05, 0.1) is 0 Å². The van der Waals surface area contributed by atoms with Gasteiger partial charge in [0.1, 0.15) is 11.9 Å². The number of aryl methyl sites for hydroxylation is 1. The van der Waals surface area contributed by atoms with Crippen LogP contribution in [0.15, 0.2) is 21.3 Å². The van der Waals surface area contributed by atoms with Crippen molar-refractivity contribution in [2.75, 3.05) is 0 Å². The maximum absolute atomic E-state index is 14.3. The Kier molecular flexibility index (Phi) is 4.68. The number of H-pyrrole nitrogens is 1. The third-order valence-corrected chi connectivity index (χ3v) is 4.28. The lowest BCUT2D eigenvalue weighted by Gasteiger charge is -2.24. The summed E-state index contributed by atoms with van der Waals surface area (Å²) in [4.78, 5) is 11.1. The van der Waals surface area contributed by atoms with Gasteiger partial charge in [-0.3, -0.25) is 0 Å². The first-order valence-electron chi connectivity index (χ1n) is 6.71.